The molecule has 1 fully saturated rings. The second kappa shape index (κ2) is 9.15. The highest BCUT2D eigenvalue weighted by Crippen LogP contribution is 2.44. The van der Waals surface area contributed by atoms with Crippen molar-refractivity contribution in [3.8, 4) is 0 Å². The van der Waals surface area contributed by atoms with Gasteiger partial charge in [0.25, 0.3) is 0 Å². The standard InChI is InChI=1S/C21H30O9/c1-9-4-3-5-11-6-14(13(7-12(9)11)10(2)19(26)27)20(28)30-21-18(25)17(24)16(23)15(8-22)29-21/h6,10,13-18,21-25H,3-5,7-8H2,1-2H3,(H,26,27)/t10-,13-,14+,15+,16+,17-,18+,21-/m0/s1. The Kier molecular flexibility index (Phi) is 6.98. The summed E-state index contributed by atoms with van der Waals surface area (Å²) in [6.45, 7) is 2.94. The molecular weight excluding hydrogens is 396 g/mol. The highest BCUT2D eigenvalue weighted by atomic mass is 16.7. The molecule has 0 radical (unpaired) electrons. The zero-order chi connectivity index (χ0) is 22.2. The van der Waals surface area contributed by atoms with Gasteiger partial charge in [0.2, 0.25) is 6.29 Å². The van der Waals surface area contributed by atoms with Gasteiger partial charge in [-0.1, -0.05) is 18.6 Å². The van der Waals surface area contributed by atoms with Gasteiger partial charge in [-0.15, -0.1) is 0 Å². The molecular formula is C21H30O9. The average Bonchev–Trinajstić information content (AvgIpc) is 2.72. The van der Waals surface area contributed by atoms with Crippen molar-refractivity contribution in [3.05, 3.63) is 22.8 Å². The van der Waals surface area contributed by atoms with Gasteiger partial charge in [-0.3, -0.25) is 9.59 Å². The summed E-state index contributed by atoms with van der Waals surface area (Å²) in [6, 6.07) is 0. The summed E-state index contributed by atoms with van der Waals surface area (Å²) in [7, 11) is 0. The van der Waals surface area contributed by atoms with Crippen LogP contribution in [0.15, 0.2) is 22.8 Å². The molecule has 0 bridgehead atoms. The first kappa shape index (κ1) is 22.9. The van der Waals surface area contributed by atoms with Crippen molar-refractivity contribution in [2.24, 2.45) is 17.8 Å². The number of hydrogen-bond donors (Lipinski definition) is 5. The summed E-state index contributed by atoms with van der Waals surface area (Å²) in [5.74, 6) is -3.99. The van der Waals surface area contributed by atoms with E-state index in [4.69, 9.17) is 9.47 Å². The molecule has 3 aliphatic rings. The maximum Gasteiger partial charge on any atom is 0.315 e. The number of carboxylic acid groups (broad SMARTS) is 1. The second-order valence-electron chi connectivity index (χ2n) is 8.46. The van der Waals surface area contributed by atoms with Crippen molar-refractivity contribution in [1.82, 2.24) is 0 Å². The molecule has 0 unspecified atom stereocenters. The van der Waals surface area contributed by atoms with E-state index >= 15 is 0 Å². The Hall–Kier alpha value is -1.78. The fourth-order valence-electron chi connectivity index (χ4n) is 4.58. The Morgan fingerprint density at radius 1 is 1.20 bits per heavy atom. The van der Waals surface area contributed by atoms with E-state index in [2.05, 4.69) is 0 Å². The van der Waals surface area contributed by atoms with Crippen LogP contribution in [-0.2, 0) is 19.1 Å². The van der Waals surface area contributed by atoms with Gasteiger partial charge >= 0.3 is 11.9 Å². The molecule has 0 saturated carbocycles. The minimum atomic E-state index is -1.70. The van der Waals surface area contributed by atoms with E-state index in [1.807, 2.05) is 6.92 Å². The fraction of sp³-hybridized carbons (Fsp3) is 0.714. The number of carbonyl (C=O) groups excluding carboxylic acids is 1. The van der Waals surface area contributed by atoms with Gasteiger partial charge in [0.1, 0.15) is 24.4 Å². The molecule has 3 rings (SSSR count). The molecule has 0 amide bonds. The molecule has 8 atom stereocenters. The lowest BCUT2D eigenvalue weighted by Gasteiger charge is -2.40. The van der Waals surface area contributed by atoms with E-state index in [9.17, 15) is 35.1 Å². The van der Waals surface area contributed by atoms with Crippen LogP contribution in [0.3, 0.4) is 0 Å². The Balaban J connectivity index is 1.85. The van der Waals surface area contributed by atoms with Gasteiger partial charge in [-0.05, 0) is 49.7 Å². The summed E-state index contributed by atoms with van der Waals surface area (Å²) < 4.78 is 10.6. The zero-order valence-corrected chi connectivity index (χ0v) is 17.1. The molecule has 0 spiro atoms. The van der Waals surface area contributed by atoms with E-state index in [1.165, 1.54) is 5.57 Å². The van der Waals surface area contributed by atoms with Gasteiger partial charge < -0.3 is 35.0 Å². The van der Waals surface area contributed by atoms with Gasteiger partial charge in [0.05, 0.1) is 18.4 Å². The van der Waals surface area contributed by atoms with Crippen LogP contribution in [0.2, 0.25) is 0 Å². The van der Waals surface area contributed by atoms with E-state index in [0.29, 0.717) is 6.42 Å². The number of carbonyl (C=O) groups is 2. The molecule has 1 heterocycles. The molecule has 9 heteroatoms. The van der Waals surface area contributed by atoms with Crippen LogP contribution in [0.1, 0.15) is 39.5 Å². The van der Waals surface area contributed by atoms with Crippen LogP contribution in [-0.4, -0.2) is 74.8 Å². The van der Waals surface area contributed by atoms with Crippen molar-refractivity contribution in [2.75, 3.05) is 6.61 Å². The van der Waals surface area contributed by atoms with Gasteiger partial charge in [0, 0.05) is 0 Å². The van der Waals surface area contributed by atoms with Gasteiger partial charge in [0.15, 0.2) is 0 Å². The molecule has 168 valence electrons. The van der Waals surface area contributed by atoms with Gasteiger partial charge in [-0.25, -0.2) is 0 Å². The number of esters is 1. The van der Waals surface area contributed by atoms with Crippen molar-refractivity contribution in [2.45, 2.75) is 70.2 Å². The summed E-state index contributed by atoms with van der Waals surface area (Å²) in [6.07, 6.45) is -2.81. The number of rotatable bonds is 5. The molecule has 0 aromatic carbocycles. The molecule has 0 aromatic rings. The van der Waals surface area contributed by atoms with Crippen molar-refractivity contribution in [3.63, 3.8) is 0 Å². The Labute approximate surface area is 174 Å². The molecule has 2 aliphatic carbocycles. The molecule has 9 nitrogen and oxygen atoms in total. The number of fused-ring (bicyclic) bond motifs is 1. The number of allylic oxidation sites excluding steroid dienone is 3. The molecule has 30 heavy (non-hydrogen) atoms. The lowest BCUT2D eigenvalue weighted by molar-refractivity contribution is -0.293. The van der Waals surface area contributed by atoms with Crippen LogP contribution in [0.25, 0.3) is 0 Å². The van der Waals surface area contributed by atoms with Crippen LogP contribution in [0.5, 0.6) is 0 Å². The number of aliphatic carboxylic acids is 1. The van der Waals surface area contributed by atoms with Crippen LogP contribution in [0, 0.1) is 17.8 Å². The third-order valence-electron chi connectivity index (χ3n) is 6.57. The topological polar surface area (TPSA) is 154 Å². The monoisotopic (exact) mass is 426 g/mol. The number of hydrogen-bond acceptors (Lipinski definition) is 8. The number of ether oxygens (including phenoxy) is 2. The Bertz CT molecular complexity index is 741. The van der Waals surface area contributed by atoms with Crippen molar-refractivity contribution < 1.29 is 44.6 Å². The maximum absolute atomic E-state index is 13.0. The maximum atomic E-state index is 13.0. The third kappa shape index (κ3) is 4.31. The average molecular weight is 426 g/mol. The Morgan fingerprint density at radius 2 is 1.90 bits per heavy atom. The van der Waals surface area contributed by atoms with E-state index in [-0.39, 0.29) is 0 Å². The third-order valence-corrected chi connectivity index (χ3v) is 6.57. The van der Waals surface area contributed by atoms with Crippen molar-refractivity contribution in [1.29, 1.82) is 0 Å². The fourth-order valence-corrected chi connectivity index (χ4v) is 4.58. The first-order valence-electron chi connectivity index (χ1n) is 10.3. The first-order chi connectivity index (χ1) is 14.1. The van der Waals surface area contributed by atoms with E-state index in [1.54, 1.807) is 13.0 Å². The normalized spacial score (nSPS) is 37.8. The van der Waals surface area contributed by atoms with Crippen LogP contribution >= 0.6 is 0 Å². The predicted octanol–water partition coefficient (Wildman–Crippen LogP) is 0.113. The zero-order valence-electron chi connectivity index (χ0n) is 17.1. The molecule has 5 N–H and O–H groups in total. The quantitative estimate of drug-likeness (QED) is 0.385. The number of aliphatic hydroxyl groups excluding tert-OH is 4. The largest absolute Gasteiger partial charge is 0.481 e. The highest BCUT2D eigenvalue weighted by molar-refractivity contribution is 5.78. The molecule has 1 aliphatic heterocycles. The minimum absolute atomic E-state index is 0.444. The SMILES string of the molecule is CC1=C2C[C@@H]([C@H](C)C(=O)O)[C@H](C(=O)O[C@@H]3O[C@H](CO)[C@@H](O)[C@H](O)[C@H]3O)C=C2CCC1. The summed E-state index contributed by atoms with van der Waals surface area (Å²) in [5.41, 5.74) is 3.33. The van der Waals surface area contributed by atoms with Crippen LogP contribution in [0.4, 0.5) is 0 Å². The van der Waals surface area contributed by atoms with Crippen molar-refractivity contribution >= 4 is 11.9 Å². The smallest absolute Gasteiger partial charge is 0.315 e. The molecule has 1 saturated heterocycles. The van der Waals surface area contributed by atoms with Gasteiger partial charge in [-0.2, -0.15) is 0 Å². The predicted molar refractivity (Wildman–Crippen MR) is 103 cm³/mol. The molecule has 0 aromatic heterocycles. The summed E-state index contributed by atoms with van der Waals surface area (Å²) in [5, 5.41) is 48.8. The lowest BCUT2D eigenvalue weighted by atomic mass is 9.69. The lowest BCUT2D eigenvalue weighted by Crippen LogP contribution is -2.59. The first-order valence-corrected chi connectivity index (χ1v) is 10.3. The van der Waals surface area contributed by atoms with E-state index < -0.39 is 67.0 Å². The number of aliphatic hydroxyl groups is 4. The highest BCUT2D eigenvalue weighted by Gasteiger charge is 2.47. The van der Waals surface area contributed by atoms with Crippen LogP contribution < -0.4 is 0 Å². The Morgan fingerprint density at radius 3 is 2.53 bits per heavy atom. The second-order valence-corrected chi connectivity index (χ2v) is 8.46. The number of carboxylic acids is 1. The minimum Gasteiger partial charge on any atom is -0.481 e. The summed E-state index contributed by atoms with van der Waals surface area (Å²) in [4.78, 5) is 24.7. The van der Waals surface area contributed by atoms with E-state index in [0.717, 1.165) is 30.4 Å². The summed E-state index contributed by atoms with van der Waals surface area (Å²) >= 11 is 0.